The van der Waals surface area contributed by atoms with Crippen LogP contribution in [0.2, 0.25) is 0 Å². The maximum absolute atomic E-state index is 4.58. The van der Waals surface area contributed by atoms with Crippen LogP contribution < -0.4 is 10.2 Å². The lowest BCUT2D eigenvalue weighted by molar-refractivity contribution is 0.620. The highest BCUT2D eigenvalue weighted by Gasteiger charge is 2.24. The number of nitrogens with one attached hydrogen (secondary N) is 1. The Labute approximate surface area is 140 Å². The Kier molecular flexibility index (Phi) is 3.76. The van der Waals surface area contributed by atoms with Gasteiger partial charge in [0.05, 0.1) is 0 Å². The molecular formula is C17H21N7. The van der Waals surface area contributed by atoms with Crippen LogP contribution in [0.4, 0.5) is 11.6 Å². The van der Waals surface area contributed by atoms with Crippen LogP contribution in [0.15, 0.2) is 30.3 Å². The summed E-state index contributed by atoms with van der Waals surface area (Å²) in [5.74, 6) is 3.24. The molecule has 0 aliphatic carbocycles. The number of aryl methyl sites for hydroxylation is 2. The third kappa shape index (κ3) is 3.02. The Morgan fingerprint density at radius 3 is 2.92 bits per heavy atom. The highest BCUT2D eigenvalue weighted by molar-refractivity contribution is 5.46. The summed E-state index contributed by atoms with van der Waals surface area (Å²) in [5, 5.41) is 12.3. The minimum Gasteiger partial charge on any atom is -0.370 e. The highest BCUT2D eigenvalue weighted by Crippen LogP contribution is 2.22. The molecule has 1 aliphatic rings. The Bertz CT molecular complexity index is 857. The zero-order chi connectivity index (χ0) is 16.5. The summed E-state index contributed by atoms with van der Waals surface area (Å²) in [5.41, 5.74) is 1.83. The normalized spacial score (nSPS) is 17.6. The molecule has 0 bridgehead atoms. The largest absolute Gasteiger partial charge is 0.370 e. The molecule has 1 fully saturated rings. The summed E-state index contributed by atoms with van der Waals surface area (Å²) in [6.45, 7) is 6.82. The van der Waals surface area contributed by atoms with Gasteiger partial charge < -0.3 is 10.2 Å². The van der Waals surface area contributed by atoms with Crippen LogP contribution in [0.25, 0.3) is 5.65 Å². The molecule has 1 atom stereocenters. The van der Waals surface area contributed by atoms with Gasteiger partial charge in [0.15, 0.2) is 11.5 Å². The first kappa shape index (κ1) is 14.9. The Morgan fingerprint density at radius 2 is 2.04 bits per heavy atom. The smallest absolute Gasteiger partial charge is 0.176 e. The molecular weight excluding hydrogens is 302 g/mol. The molecule has 7 heteroatoms. The maximum atomic E-state index is 4.58. The first-order valence-electron chi connectivity index (χ1n) is 8.30. The molecule has 0 aromatic carbocycles. The first-order valence-corrected chi connectivity index (χ1v) is 8.30. The van der Waals surface area contributed by atoms with E-state index >= 15 is 0 Å². The van der Waals surface area contributed by atoms with Crippen LogP contribution >= 0.6 is 0 Å². The Morgan fingerprint density at radius 1 is 1.12 bits per heavy atom. The van der Waals surface area contributed by atoms with Crippen molar-refractivity contribution in [2.24, 2.45) is 5.92 Å². The van der Waals surface area contributed by atoms with Crippen molar-refractivity contribution in [3.63, 3.8) is 0 Å². The third-order valence-corrected chi connectivity index (χ3v) is 4.37. The molecule has 1 unspecified atom stereocenters. The molecule has 4 heterocycles. The van der Waals surface area contributed by atoms with Crippen molar-refractivity contribution in [1.29, 1.82) is 0 Å². The number of fused-ring (bicyclic) bond motifs is 1. The van der Waals surface area contributed by atoms with E-state index in [1.807, 2.05) is 44.2 Å². The summed E-state index contributed by atoms with van der Waals surface area (Å²) < 4.78 is 1.62. The molecule has 0 amide bonds. The minimum absolute atomic E-state index is 0.585. The second-order valence-electron chi connectivity index (χ2n) is 6.34. The number of pyridine rings is 1. The van der Waals surface area contributed by atoms with E-state index < -0.39 is 0 Å². The van der Waals surface area contributed by atoms with Gasteiger partial charge in [-0.3, -0.25) is 0 Å². The van der Waals surface area contributed by atoms with Crippen molar-refractivity contribution in [2.45, 2.75) is 20.3 Å². The first-order chi connectivity index (χ1) is 11.7. The summed E-state index contributed by atoms with van der Waals surface area (Å²) >= 11 is 0. The molecule has 3 aromatic heterocycles. The fourth-order valence-electron chi connectivity index (χ4n) is 3.14. The average molecular weight is 323 g/mol. The second-order valence-corrected chi connectivity index (χ2v) is 6.34. The zero-order valence-electron chi connectivity index (χ0n) is 14.0. The molecule has 24 heavy (non-hydrogen) atoms. The van der Waals surface area contributed by atoms with Crippen LogP contribution in [-0.4, -0.2) is 44.4 Å². The molecule has 0 spiro atoms. The molecule has 0 saturated carbocycles. The van der Waals surface area contributed by atoms with Crippen molar-refractivity contribution in [3.8, 4) is 0 Å². The van der Waals surface area contributed by atoms with E-state index in [1.54, 1.807) is 4.63 Å². The van der Waals surface area contributed by atoms with Crippen molar-refractivity contribution < 1.29 is 0 Å². The lowest BCUT2D eigenvalue weighted by Gasteiger charge is -2.17. The number of hydrogen-bond donors (Lipinski definition) is 1. The summed E-state index contributed by atoms with van der Waals surface area (Å²) in [6.07, 6.45) is 1.15. The van der Waals surface area contributed by atoms with Crippen LogP contribution in [0.1, 0.15) is 17.9 Å². The average Bonchev–Trinajstić information content (AvgIpc) is 3.17. The number of aromatic nitrogens is 5. The van der Waals surface area contributed by atoms with E-state index in [0.717, 1.165) is 54.9 Å². The van der Waals surface area contributed by atoms with Crippen LogP contribution in [0.5, 0.6) is 0 Å². The van der Waals surface area contributed by atoms with Gasteiger partial charge in [0.25, 0.3) is 0 Å². The SMILES string of the molecule is Cc1cccc(NCC2CCN(c3ccc4nc(C)nn4n3)C2)n1. The van der Waals surface area contributed by atoms with Gasteiger partial charge in [-0.05, 0) is 50.5 Å². The van der Waals surface area contributed by atoms with Crippen molar-refractivity contribution in [1.82, 2.24) is 24.8 Å². The van der Waals surface area contributed by atoms with Gasteiger partial charge >= 0.3 is 0 Å². The summed E-state index contributed by atoms with van der Waals surface area (Å²) in [7, 11) is 0. The van der Waals surface area contributed by atoms with Gasteiger partial charge in [0, 0.05) is 25.3 Å². The third-order valence-electron chi connectivity index (χ3n) is 4.37. The molecule has 124 valence electrons. The van der Waals surface area contributed by atoms with Gasteiger partial charge in [0.2, 0.25) is 0 Å². The molecule has 7 nitrogen and oxygen atoms in total. The predicted octanol–water partition coefficient (Wildman–Crippen LogP) is 2.07. The number of nitrogens with zero attached hydrogens (tertiary/aromatic N) is 6. The molecule has 1 aliphatic heterocycles. The predicted molar refractivity (Wildman–Crippen MR) is 93.3 cm³/mol. The topological polar surface area (TPSA) is 71.2 Å². The van der Waals surface area contributed by atoms with Gasteiger partial charge in [-0.2, -0.15) is 0 Å². The Hall–Kier alpha value is -2.70. The van der Waals surface area contributed by atoms with Crippen LogP contribution in [-0.2, 0) is 0 Å². The molecule has 1 saturated heterocycles. The summed E-state index contributed by atoms with van der Waals surface area (Å²) in [4.78, 5) is 11.1. The van der Waals surface area contributed by atoms with Gasteiger partial charge in [-0.25, -0.2) is 9.97 Å². The van der Waals surface area contributed by atoms with E-state index in [2.05, 4.69) is 30.4 Å². The summed E-state index contributed by atoms with van der Waals surface area (Å²) in [6, 6.07) is 10.1. The van der Waals surface area contributed by atoms with Gasteiger partial charge in [-0.15, -0.1) is 14.8 Å². The minimum atomic E-state index is 0.585. The Balaban J connectivity index is 1.40. The standard InChI is InChI=1S/C17H21N7/c1-12-4-3-5-15(19-12)18-10-14-8-9-23(11-14)17-7-6-16-20-13(2)21-24(16)22-17/h3-7,14H,8-11H2,1-2H3,(H,18,19). The fourth-order valence-corrected chi connectivity index (χ4v) is 3.14. The zero-order valence-corrected chi connectivity index (χ0v) is 14.0. The van der Waals surface area contributed by atoms with Crippen LogP contribution in [0, 0.1) is 19.8 Å². The van der Waals surface area contributed by atoms with Gasteiger partial charge in [-0.1, -0.05) is 6.07 Å². The monoisotopic (exact) mass is 323 g/mol. The van der Waals surface area contributed by atoms with E-state index in [9.17, 15) is 0 Å². The van der Waals surface area contributed by atoms with Crippen molar-refractivity contribution in [3.05, 3.63) is 41.9 Å². The fraction of sp³-hybridized carbons (Fsp3) is 0.412. The maximum Gasteiger partial charge on any atom is 0.176 e. The quantitative estimate of drug-likeness (QED) is 0.792. The lowest BCUT2D eigenvalue weighted by Crippen LogP contribution is -2.24. The highest BCUT2D eigenvalue weighted by atomic mass is 15.5. The molecule has 4 rings (SSSR count). The number of hydrogen-bond acceptors (Lipinski definition) is 6. The lowest BCUT2D eigenvalue weighted by atomic mass is 10.1. The number of anilines is 2. The second kappa shape index (κ2) is 6.07. The number of rotatable bonds is 4. The van der Waals surface area contributed by atoms with Gasteiger partial charge in [0.1, 0.15) is 11.6 Å². The van der Waals surface area contributed by atoms with Crippen molar-refractivity contribution >= 4 is 17.3 Å². The van der Waals surface area contributed by atoms with Crippen molar-refractivity contribution in [2.75, 3.05) is 29.9 Å². The van der Waals surface area contributed by atoms with E-state index in [-0.39, 0.29) is 0 Å². The molecule has 0 radical (unpaired) electrons. The van der Waals surface area contributed by atoms with E-state index in [4.69, 9.17) is 0 Å². The van der Waals surface area contributed by atoms with Crippen LogP contribution in [0.3, 0.4) is 0 Å². The molecule has 1 N–H and O–H groups in total. The molecule has 3 aromatic rings. The van der Waals surface area contributed by atoms with E-state index in [0.29, 0.717) is 5.92 Å². The van der Waals surface area contributed by atoms with E-state index in [1.165, 1.54) is 0 Å².